The van der Waals surface area contributed by atoms with Crippen LogP contribution >= 0.6 is 0 Å². The van der Waals surface area contributed by atoms with Crippen molar-refractivity contribution >= 4 is 34.5 Å². The molecule has 11 nitrogen and oxygen atoms in total. The Labute approximate surface area is 222 Å². The molecule has 3 aliphatic rings. The Morgan fingerprint density at radius 2 is 1.67 bits per heavy atom. The molecule has 2 aromatic rings. The van der Waals surface area contributed by atoms with Crippen LogP contribution in [0.1, 0.15) is 31.7 Å². The molecule has 1 aromatic carbocycles. The van der Waals surface area contributed by atoms with Crippen LogP contribution in [0.3, 0.4) is 0 Å². The summed E-state index contributed by atoms with van der Waals surface area (Å²) in [6.07, 6.45) is -1.94. The number of halogens is 3. The van der Waals surface area contributed by atoms with E-state index in [2.05, 4.69) is 26.5 Å². The van der Waals surface area contributed by atoms with Gasteiger partial charge < -0.3 is 15.3 Å². The Kier molecular flexibility index (Phi) is 8.64. The van der Waals surface area contributed by atoms with Crippen molar-refractivity contribution in [3.8, 4) is 0 Å². The number of fused-ring (bicyclic) bond motifs is 1. The molecule has 2 amide bonds. The lowest BCUT2D eigenvalue weighted by molar-refractivity contribution is -0.192. The van der Waals surface area contributed by atoms with Gasteiger partial charge in [-0.25, -0.2) is 9.59 Å². The smallest absolute Gasteiger partial charge is 0.475 e. The number of nitrogens with one attached hydrogen (secondary N) is 2. The van der Waals surface area contributed by atoms with Gasteiger partial charge in [0.05, 0.1) is 11.0 Å². The van der Waals surface area contributed by atoms with Crippen LogP contribution in [0.15, 0.2) is 23.0 Å². The van der Waals surface area contributed by atoms with E-state index in [4.69, 9.17) is 9.90 Å². The molecule has 0 spiro atoms. The highest BCUT2D eigenvalue weighted by molar-refractivity contribution is 6.00. The van der Waals surface area contributed by atoms with E-state index in [1.54, 1.807) is 11.6 Å². The Balaban J connectivity index is 0.000000448. The largest absolute Gasteiger partial charge is 0.490 e. The average molecular weight is 555 g/mol. The first kappa shape index (κ1) is 28.6. The number of carbonyl (C=O) groups excluding carboxylic acids is 2. The van der Waals surface area contributed by atoms with E-state index < -0.39 is 24.1 Å². The second-order valence-electron chi connectivity index (χ2n) is 10.1. The second-order valence-corrected chi connectivity index (χ2v) is 10.1. The first-order valence-electron chi connectivity index (χ1n) is 13.0. The minimum atomic E-state index is -5.08. The molecule has 39 heavy (non-hydrogen) atoms. The van der Waals surface area contributed by atoms with Crippen LogP contribution in [0.4, 0.5) is 18.9 Å². The SMILES string of the molecule is Cn1c(=O)n(C2CCC(=O)NC2=O)c2ccc(N3CCN(CC4CCNCC4)CC3)cc21.O=C(O)C(F)(F)F. The fraction of sp³-hybridized carbons (Fsp3) is 0.600. The third-order valence-electron chi connectivity index (χ3n) is 7.55. The Morgan fingerprint density at radius 1 is 1.03 bits per heavy atom. The zero-order valence-electron chi connectivity index (χ0n) is 21.7. The van der Waals surface area contributed by atoms with Crippen molar-refractivity contribution in [1.82, 2.24) is 24.7 Å². The van der Waals surface area contributed by atoms with Gasteiger partial charge in [0.15, 0.2) is 0 Å². The van der Waals surface area contributed by atoms with Gasteiger partial charge in [0.25, 0.3) is 0 Å². The number of aromatic nitrogens is 2. The standard InChI is InChI=1S/C23H32N6O3.C2HF3O2/c1-26-20-14-17(28-12-10-27(11-13-28)15-16-6-8-24-9-7-16)2-3-18(20)29(23(26)32)19-4-5-21(30)25-22(19)31;3-2(4,5)1(6)7/h2-3,14,16,19,24H,4-13,15H2,1H3,(H,25,30,31);(H,6,7). The van der Waals surface area contributed by atoms with Gasteiger partial charge in [-0.1, -0.05) is 0 Å². The summed E-state index contributed by atoms with van der Waals surface area (Å²) < 4.78 is 34.9. The Morgan fingerprint density at radius 3 is 2.26 bits per heavy atom. The summed E-state index contributed by atoms with van der Waals surface area (Å²) in [4.78, 5) is 50.7. The van der Waals surface area contributed by atoms with E-state index in [-0.39, 0.29) is 18.0 Å². The van der Waals surface area contributed by atoms with Gasteiger partial charge in [-0.3, -0.25) is 28.9 Å². The number of carboxylic acids is 1. The van der Waals surface area contributed by atoms with Gasteiger partial charge in [0.1, 0.15) is 6.04 Å². The van der Waals surface area contributed by atoms with E-state index in [9.17, 15) is 27.6 Å². The van der Waals surface area contributed by atoms with Crippen molar-refractivity contribution in [3.05, 3.63) is 28.7 Å². The van der Waals surface area contributed by atoms with Crippen LogP contribution in [0, 0.1) is 5.92 Å². The number of benzene rings is 1. The number of aliphatic carboxylic acids is 1. The van der Waals surface area contributed by atoms with Crippen molar-refractivity contribution in [3.63, 3.8) is 0 Å². The number of hydrogen-bond donors (Lipinski definition) is 3. The van der Waals surface area contributed by atoms with E-state index in [1.165, 1.54) is 24.0 Å². The highest BCUT2D eigenvalue weighted by Crippen LogP contribution is 2.27. The molecule has 1 atom stereocenters. The molecule has 0 bridgehead atoms. The van der Waals surface area contributed by atoms with E-state index >= 15 is 0 Å². The van der Waals surface area contributed by atoms with Crippen LogP contribution in [0.5, 0.6) is 0 Å². The molecule has 0 saturated carbocycles. The maximum absolute atomic E-state index is 13.0. The molecule has 4 heterocycles. The number of aryl methyl sites for hydroxylation is 1. The van der Waals surface area contributed by atoms with Crippen molar-refractivity contribution in [1.29, 1.82) is 0 Å². The molecule has 0 radical (unpaired) electrons. The minimum absolute atomic E-state index is 0.224. The van der Waals surface area contributed by atoms with Crippen LogP contribution < -0.4 is 21.2 Å². The number of carboxylic acid groups (broad SMARTS) is 1. The van der Waals surface area contributed by atoms with Gasteiger partial charge in [0, 0.05) is 51.9 Å². The zero-order valence-corrected chi connectivity index (χ0v) is 21.7. The number of amides is 2. The summed E-state index contributed by atoms with van der Waals surface area (Å²) in [6, 6.07) is 5.40. The second kappa shape index (κ2) is 11.8. The first-order valence-corrected chi connectivity index (χ1v) is 13.0. The summed E-state index contributed by atoms with van der Waals surface area (Å²) >= 11 is 0. The predicted octanol–water partition coefficient (Wildman–Crippen LogP) is 1.07. The molecule has 3 aliphatic heterocycles. The molecule has 14 heteroatoms. The number of hydrogen-bond acceptors (Lipinski definition) is 7. The Hall–Kier alpha value is -3.39. The third kappa shape index (κ3) is 6.61. The molecule has 214 valence electrons. The molecule has 3 saturated heterocycles. The minimum Gasteiger partial charge on any atom is -0.475 e. The zero-order chi connectivity index (χ0) is 28.3. The highest BCUT2D eigenvalue weighted by Gasteiger charge is 2.38. The summed E-state index contributed by atoms with van der Waals surface area (Å²) in [5.41, 5.74) is 2.43. The Bertz CT molecular complexity index is 1280. The molecular formula is C25H33F3N6O5. The molecule has 3 N–H and O–H groups in total. The number of anilines is 1. The number of piperazine rings is 1. The predicted molar refractivity (Wildman–Crippen MR) is 137 cm³/mol. The monoisotopic (exact) mass is 554 g/mol. The van der Waals surface area contributed by atoms with Crippen molar-refractivity contribution in [2.75, 3.05) is 50.7 Å². The number of imidazole rings is 1. The fourth-order valence-electron chi connectivity index (χ4n) is 5.40. The average Bonchev–Trinajstić information content (AvgIpc) is 3.14. The molecule has 5 rings (SSSR count). The fourth-order valence-corrected chi connectivity index (χ4v) is 5.40. The number of piperidine rings is 2. The van der Waals surface area contributed by atoms with Crippen LogP contribution in [-0.2, 0) is 21.4 Å². The topological polar surface area (TPSA) is 129 Å². The maximum Gasteiger partial charge on any atom is 0.490 e. The van der Waals surface area contributed by atoms with Crippen molar-refractivity contribution in [2.45, 2.75) is 37.9 Å². The van der Waals surface area contributed by atoms with Gasteiger partial charge in [-0.15, -0.1) is 0 Å². The molecule has 0 aliphatic carbocycles. The van der Waals surface area contributed by atoms with E-state index in [0.29, 0.717) is 6.42 Å². The molecule has 3 fully saturated rings. The number of carbonyl (C=O) groups is 3. The number of rotatable bonds is 4. The van der Waals surface area contributed by atoms with Gasteiger partial charge in [0.2, 0.25) is 11.8 Å². The van der Waals surface area contributed by atoms with E-state index in [0.717, 1.165) is 61.9 Å². The highest BCUT2D eigenvalue weighted by atomic mass is 19.4. The van der Waals surface area contributed by atoms with Gasteiger partial charge >= 0.3 is 17.8 Å². The van der Waals surface area contributed by atoms with Crippen LogP contribution in [-0.4, -0.2) is 88.9 Å². The quantitative estimate of drug-likeness (QED) is 0.479. The van der Waals surface area contributed by atoms with Gasteiger partial charge in [-0.2, -0.15) is 13.2 Å². The van der Waals surface area contributed by atoms with Crippen molar-refractivity contribution < 1.29 is 32.7 Å². The lowest BCUT2D eigenvalue weighted by Crippen LogP contribution is -2.48. The summed E-state index contributed by atoms with van der Waals surface area (Å²) in [5, 5.41) is 12.9. The summed E-state index contributed by atoms with van der Waals surface area (Å²) in [7, 11) is 1.74. The number of alkyl halides is 3. The van der Waals surface area contributed by atoms with Crippen LogP contribution in [0.2, 0.25) is 0 Å². The van der Waals surface area contributed by atoms with Crippen LogP contribution in [0.25, 0.3) is 11.0 Å². The number of nitrogens with zero attached hydrogens (tertiary/aromatic N) is 4. The van der Waals surface area contributed by atoms with Gasteiger partial charge in [-0.05, 0) is 56.5 Å². The molecular weight excluding hydrogens is 521 g/mol. The third-order valence-corrected chi connectivity index (χ3v) is 7.55. The molecule has 1 unspecified atom stereocenters. The van der Waals surface area contributed by atoms with Crippen molar-refractivity contribution in [2.24, 2.45) is 13.0 Å². The lowest BCUT2D eigenvalue weighted by atomic mass is 9.97. The maximum atomic E-state index is 13.0. The molecule has 1 aromatic heterocycles. The first-order chi connectivity index (χ1) is 18.5. The van der Waals surface area contributed by atoms with E-state index in [1.807, 2.05) is 12.1 Å². The lowest BCUT2D eigenvalue weighted by Gasteiger charge is -2.38. The summed E-state index contributed by atoms with van der Waals surface area (Å²) in [6.45, 7) is 7.52. The number of imide groups is 1. The normalized spacial score (nSPS) is 21.4. The summed E-state index contributed by atoms with van der Waals surface area (Å²) in [5.74, 6) is -2.63.